The largest absolute Gasteiger partial charge is 0.493 e. The fourth-order valence-corrected chi connectivity index (χ4v) is 1.42. The molecule has 0 atom stereocenters. The van der Waals surface area contributed by atoms with Crippen LogP contribution in [0.1, 0.15) is 38.2 Å². The van der Waals surface area contributed by atoms with E-state index in [4.69, 9.17) is 10.5 Å². The summed E-state index contributed by atoms with van der Waals surface area (Å²) < 4.78 is 5.65. The van der Waals surface area contributed by atoms with Gasteiger partial charge in [0.2, 0.25) is 0 Å². The van der Waals surface area contributed by atoms with Gasteiger partial charge in [0, 0.05) is 24.5 Å². The summed E-state index contributed by atoms with van der Waals surface area (Å²) in [6, 6.07) is 1.88. The van der Waals surface area contributed by atoms with Gasteiger partial charge in [0.05, 0.1) is 6.61 Å². The lowest BCUT2D eigenvalue weighted by Crippen LogP contribution is -2.04. The molecule has 0 aromatic carbocycles. The van der Waals surface area contributed by atoms with Crippen LogP contribution in [0.25, 0.3) is 0 Å². The molecule has 0 saturated carbocycles. The van der Waals surface area contributed by atoms with Gasteiger partial charge in [-0.15, -0.1) is 0 Å². The summed E-state index contributed by atoms with van der Waals surface area (Å²) in [4.78, 5) is 4.01. The van der Waals surface area contributed by atoms with Gasteiger partial charge < -0.3 is 10.5 Å². The van der Waals surface area contributed by atoms with Gasteiger partial charge in [-0.2, -0.15) is 0 Å². The number of pyridine rings is 1. The molecule has 0 radical (unpaired) electrons. The second-order valence-electron chi connectivity index (χ2n) is 3.60. The predicted octanol–water partition coefficient (Wildman–Crippen LogP) is 2.50. The van der Waals surface area contributed by atoms with Crippen molar-refractivity contribution in [2.45, 2.75) is 39.2 Å². The average Bonchev–Trinajstić information content (AvgIpc) is 2.29. The maximum atomic E-state index is 5.65. The minimum absolute atomic E-state index is 0.484. The van der Waals surface area contributed by atoms with E-state index in [0.717, 1.165) is 24.3 Å². The van der Waals surface area contributed by atoms with Gasteiger partial charge in [-0.25, -0.2) is 0 Å². The van der Waals surface area contributed by atoms with Crippen molar-refractivity contribution >= 4 is 0 Å². The second kappa shape index (κ2) is 7.23. The quantitative estimate of drug-likeness (QED) is 0.700. The zero-order valence-corrected chi connectivity index (χ0v) is 9.41. The van der Waals surface area contributed by atoms with Crippen LogP contribution >= 0.6 is 0 Å². The number of nitrogens with two attached hydrogens (primary N) is 1. The molecule has 0 amide bonds. The highest BCUT2D eigenvalue weighted by Crippen LogP contribution is 2.16. The van der Waals surface area contributed by atoms with Crippen molar-refractivity contribution < 1.29 is 4.74 Å². The number of nitrogens with zero attached hydrogens (tertiary/aromatic N) is 1. The summed E-state index contributed by atoms with van der Waals surface area (Å²) >= 11 is 0. The monoisotopic (exact) mass is 208 g/mol. The smallest absolute Gasteiger partial charge is 0.126 e. The predicted molar refractivity (Wildman–Crippen MR) is 61.8 cm³/mol. The Kier molecular flexibility index (Phi) is 5.78. The van der Waals surface area contributed by atoms with Gasteiger partial charge in [-0.1, -0.05) is 26.2 Å². The normalized spacial score (nSPS) is 10.3. The lowest BCUT2D eigenvalue weighted by atomic mass is 10.2. The Morgan fingerprint density at radius 2 is 2.20 bits per heavy atom. The van der Waals surface area contributed by atoms with Crippen LogP contribution < -0.4 is 10.5 Å². The molecule has 1 rings (SSSR count). The van der Waals surface area contributed by atoms with Gasteiger partial charge in [0.1, 0.15) is 5.75 Å². The third-order valence-electron chi connectivity index (χ3n) is 2.33. The number of ether oxygens (including phenoxy) is 1. The Morgan fingerprint density at radius 1 is 1.33 bits per heavy atom. The standard InChI is InChI=1S/C12H20N2O/c1-2-3-4-5-8-15-12-6-7-14-10-11(12)9-13/h6-7,10H,2-5,8-9,13H2,1H3. The molecular formula is C12H20N2O. The first-order valence-electron chi connectivity index (χ1n) is 5.64. The van der Waals surface area contributed by atoms with Gasteiger partial charge >= 0.3 is 0 Å². The van der Waals surface area contributed by atoms with Crippen molar-refractivity contribution in [3.8, 4) is 5.75 Å². The van der Waals surface area contributed by atoms with E-state index < -0.39 is 0 Å². The Bertz CT molecular complexity index is 276. The molecule has 3 heteroatoms. The molecule has 3 nitrogen and oxygen atoms in total. The molecule has 0 fully saturated rings. The molecule has 0 bridgehead atoms. The van der Waals surface area contributed by atoms with E-state index in [0.29, 0.717) is 6.54 Å². The highest BCUT2D eigenvalue weighted by atomic mass is 16.5. The molecule has 1 aromatic rings. The number of rotatable bonds is 7. The molecule has 1 heterocycles. The van der Waals surface area contributed by atoms with E-state index in [1.165, 1.54) is 19.3 Å². The number of aromatic nitrogens is 1. The van der Waals surface area contributed by atoms with Gasteiger partial charge in [-0.3, -0.25) is 4.98 Å². The Hall–Kier alpha value is -1.09. The molecule has 0 saturated heterocycles. The third kappa shape index (κ3) is 4.30. The summed E-state index contributed by atoms with van der Waals surface area (Å²) in [5, 5.41) is 0. The molecular weight excluding hydrogens is 188 g/mol. The van der Waals surface area contributed by atoms with Crippen molar-refractivity contribution in [1.29, 1.82) is 0 Å². The summed E-state index contributed by atoms with van der Waals surface area (Å²) in [5.41, 5.74) is 6.56. The zero-order valence-electron chi connectivity index (χ0n) is 9.41. The van der Waals surface area contributed by atoms with Gasteiger partial charge in [0.15, 0.2) is 0 Å². The van der Waals surface area contributed by atoms with Crippen molar-refractivity contribution in [3.63, 3.8) is 0 Å². The van der Waals surface area contributed by atoms with Crippen LogP contribution in [0.15, 0.2) is 18.5 Å². The van der Waals surface area contributed by atoms with Crippen LogP contribution in [0.3, 0.4) is 0 Å². The maximum absolute atomic E-state index is 5.65. The van der Waals surface area contributed by atoms with Crippen LogP contribution in [0.2, 0.25) is 0 Å². The lowest BCUT2D eigenvalue weighted by molar-refractivity contribution is 0.302. The van der Waals surface area contributed by atoms with E-state index in [2.05, 4.69) is 11.9 Å². The second-order valence-corrected chi connectivity index (χ2v) is 3.60. The number of hydrogen-bond acceptors (Lipinski definition) is 3. The van der Waals surface area contributed by atoms with Crippen LogP contribution in [0.5, 0.6) is 5.75 Å². The Labute approximate surface area is 91.7 Å². The summed E-state index contributed by atoms with van der Waals surface area (Å²) in [5.74, 6) is 0.879. The minimum atomic E-state index is 0.484. The lowest BCUT2D eigenvalue weighted by Gasteiger charge is -2.09. The van der Waals surface area contributed by atoms with Crippen molar-refractivity contribution in [2.75, 3.05) is 6.61 Å². The molecule has 0 aliphatic heterocycles. The topological polar surface area (TPSA) is 48.1 Å². The van der Waals surface area contributed by atoms with Gasteiger partial charge in [0.25, 0.3) is 0 Å². The highest BCUT2D eigenvalue weighted by Gasteiger charge is 2.00. The average molecular weight is 208 g/mol. The van der Waals surface area contributed by atoms with E-state index in [1.807, 2.05) is 6.07 Å². The highest BCUT2D eigenvalue weighted by molar-refractivity contribution is 5.29. The summed E-state index contributed by atoms with van der Waals surface area (Å²) in [7, 11) is 0. The number of hydrogen-bond donors (Lipinski definition) is 1. The first-order valence-corrected chi connectivity index (χ1v) is 5.64. The molecule has 0 aliphatic rings. The first kappa shape index (κ1) is 12.0. The molecule has 1 aromatic heterocycles. The van der Waals surface area contributed by atoms with Crippen LogP contribution in [0.4, 0.5) is 0 Å². The third-order valence-corrected chi connectivity index (χ3v) is 2.33. The SMILES string of the molecule is CCCCCCOc1ccncc1CN. The fourth-order valence-electron chi connectivity index (χ4n) is 1.42. The van der Waals surface area contributed by atoms with Gasteiger partial charge in [-0.05, 0) is 12.5 Å². The maximum Gasteiger partial charge on any atom is 0.126 e. The van der Waals surface area contributed by atoms with E-state index in [-0.39, 0.29) is 0 Å². The Balaban J connectivity index is 2.30. The molecule has 84 valence electrons. The fraction of sp³-hybridized carbons (Fsp3) is 0.583. The summed E-state index contributed by atoms with van der Waals surface area (Å²) in [6.07, 6.45) is 8.38. The summed E-state index contributed by atoms with van der Waals surface area (Å²) in [6.45, 7) is 3.46. The first-order chi connectivity index (χ1) is 7.38. The zero-order chi connectivity index (χ0) is 10.9. The number of unbranched alkanes of at least 4 members (excludes halogenated alkanes) is 3. The Morgan fingerprint density at radius 3 is 2.93 bits per heavy atom. The van der Waals surface area contributed by atoms with E-state index in [1.54, 1.807) is 12.4 Å². The molecule has 0 unspecified atom stereocenters. The van der Waals surface area contributed by atoms with Crippen molar-refractivity contribution in [2.24, 2.45) is 5.73 Å². The molecule has 0 spiro atoms. The minimum Gasteiger partial charge on any atom is -0.493 e. The van der Waals surface area contributed by atoms with Crippen LogP contribution in [0, 0.1) is 0 Å². The molecule has 0 aliphatic carbocycles. The van der Waals surface area contributed by atoms with Crippen LogP contribution in [-0.2, 0) is 6.54 Å². The van der Waals surface area contributed by atoms with Crippen molar-refractivity contribution in [3.05, 3.63) is 24.0 Å². The van der Waals surface area contributed by atoms with E-state index >= 15 is 0 Å². The molecule has 2 N–H and O–H groups in total. The molecule has 15 heavy (non-hydrogen) atoms. The van der Waals surface area contributed by atoms with Crippen LogP contribution in [-0.4, -0.2) is 11.6 Å². The van der Waals surface area contributed by atoms with Crippen molar-refractivity contribution in [1.82, 2.24) is 4.98 Å². The van der Waals surface area contributed by atoms with E-state index in [9.17, 15) is 0 Å².